The zero-order chi connectivity index (χ0) is 95.5. The van der Waals surface area contributed by atoms with Crippen molar-refractivity contribution < 1.29 is 29.2 Å². The molecule has 20 rings (SSSR count). The average Bonchev–Trinajstić information content (AvgIpc) is 1.13. The van der Waals surface area contributed by atoms with Crippen LogP contribution in [0.1, 0.15) is 34.2 Å². The summed E-state index contributed by atoms with van der Waals surface area (Å²) < 4.78 is 22.3. The number of aryl methyl sites for hydroxylation is 1. The molecule has 8 heterocycles. The van der Waals surface area contributed by atoms with E-state index in [1.54, 1.807) is 77.4 Å². The summed E-state index contributed by atoms with van der Waals surface area (Å²) in [6.07, 6.45) is 6.32. The summed E-state index contributed by atoms with van der Waals surface area (Å²) in [6, 6.07) is 109. The van der Waals surface area contributed by atoms with E-state index in [0.717, 1.165) is 94.3 Å². The van der Waals surface area contributed by atoms with Crippen molar-refractivity contribution >= 4 is 131 Å². The quantitative estimate of drug-likeness (QED) is 0.0239. The number of rotatable bonds is 29. The standard InChI is InChI=1S/C26H21N3OS.C22H18N4O3S.C20H15N5O2S.C19H11BrClN5O2S.C12H9N5O2S/c1-3-10-20(11-4-1)19-31-26-28-27-25(29(26)22-14-5-2-6-15-22)18-30-24-17-9-13-21-12-7-8-16-23(21)24;27-26(28)19-13-11-17(12-14-19)16-30-22-24-23-21(15-29-20-9-5-2-6-10-20)25(22)18-7-3-1-4-8-18;26-25(27)17-11-12-19(21-14-17)28-20-23-22-18(13-15-7-3-1-4-8-15)24(20)16-9-5-2-6-10-16;20-16-10-15(26(27)28)11-22-18(16)29-19-24-23-17(12-6-8-13(21)9-7-12)25(19)14-4-2-1-3-5-14;1-16-7-14-15-12(16)20-10-5-4-9(17(18)19)8-3-2-6-13-11(8)10/h1-17H,18-19H2;1-14H,15-16H2;1-12,14H,13H2;1-11H;2-7H,1H3. The molecule has 0 saturated heterocycles. The predicted octanol–water partition coefficient (Wildman–Crippen LogP) is 23.9. The lowest BCUT2D eigenvalue weighted by molar-refractivity contribution is -0.385. The monoisotopic (exact) mass is 2000 g/mol. The largest absolute Gasteiger partial charge is 0.486 e. The zero-order valence-corrected chi connectivity index (χ0v) is 78.9. The van der Waals surface area contributed by atoms with Gasteiger partial charge in [-0.25, -0.2) is 9.97 Å². The molecule has 0 saturated carbocycles. The molecule has 12 aromatic carbocycles. The van der Waals surface area contributed by atoms with Gasteiger partial charge < -0.3 is 14.0 Å². The Labute approximate surface area is 821 Å². The van der Waals surface area contributed by atoms with Crippen LogP contribution in [0.15, 0.2) is 416 Å². The maximum absolute atomic E-state index is 11.0. The van der Waals surface area contributed by atoms with Gasteiger partial charge in [-0.15, -0.1) is 51.0 Å². The Morgan fingerprint density at radius 1 is 0.391 bits per heavy atom. The second-order valence-corrected chi connectivity index (χ2v) is 35.5. The van der Waals surface area contributed by atoms with Gasteiger partial charge in [0, 0.05) is 105 Å². The molecule has 20 aromatic rings. The fourth-order valence-corrected chi connectivity index (χ4v) is 18.6. The molecule has 0 N–H and O–H groups in total. The molecule has 0 radical (unpaired) electrons. The Morgan fingerprint density at radius 3 is 1.45 bits per heavy atom. The van der Waals surface area contributed by atoms with Gasteiger partial charge in [0.15, 0.2) is 32.9 Å². The second-order valence-electron chi connectivity index (χ2n) is 29.3. The maximum Gasteiger partial charge on any atom is 0.288 e. The summed E-state index contributed by atoms with van der Waals surface area (Å²) in [7, 11) is 1.84. The number of nitro groups is 4. The lowest BCUT2D eigenvalue weighted by Crippen LogP contribution is -2.06. The van der Waals surface area contributed by atoms with Crippen LogP contribution in [0, 0.1) is 40.5 Å². The Morgan fingerprint density at radius 2 is 0.884 bits per heavy atom. The molecular weight excluding hydrogens is 1930 g/mol. The second kappa shape index (κ2) is 46.8. The molecule has 0 spiro atoms. The SMILES string of the molecule is Cn1cnnc1Sc1ccc([N+](=O)[O-])c2cccnc12.O=[N+]([O-])c1ccc(CSc2nnc(COc3ccccc3)n2-c2ccccc2)cc1.O=[N+]([O-])c1ccc(Sc2nnc(Cc3ccccc3)n2-c2ccccc2)nc1.O=[N+]([O-])c1cnc(Sc2nnc(-c3ccc(Cl)cc3)n2-c2ccccc2)c(Br)c1.c1ccc(CSc2nnc(COc3cccc4ccccc34)n2-c2ccccc2)cc1. The number of non-ortho nitro benzene ring substituents is 2. The average molecular weight is 2010 g/mol. The minimum atomic E-state index is -0.489. The first-order valence-corrected chi connectivity index (χ1v) is 47.5. The van der Waals surface area contributed by atoms with E-state index in [1.807, 2.05) is 221 Å². The topological polar surface area (TPSA) is 383 Å². The normalized spacial score (nSPS) is 10.8. The van der Waals surface area contributed by atoms with Gasteiger partial charge in [0.05, 0.1) is 35.1 Å². The van der Waals surface area contributed by atoms with Crippen LogP contribution in [0.25, 0.3) is 55.8 Å². The van der Waals surface area contributed by atoms with Gasteiger partial charge in [0.2, 0.25) is 10.3 Å². The lowest BCUT2D eigenvalue weighted by Gasteiger charge is -2.12. The maximum atomic E-state index is 11.0. The first-order valence-electron chi connectivity index (χ1n) is 41.9. The van der Waals surface area contributed by atoms with Gasteiger partial charge in [0.1, 0.15) is 59.3 Å². The minimum Gasteiger partial charge on any atom is -0.486 e. The van der Waals surface area contributed by atoms with Gasteiger partial charge in [-0.2, -0.15) is 0 Å². The van der Waals surface area contributed by atoms with E-state index in [-0.39, 0.29) is 29.4 Å². The number of thioether (sulfide) groups is 2. The Hall–Kier alpha value is -16.0. The summed E-state index contributed by atoms with van der Waals surface area (Å²) in [6.45, 7) is 0.617. The summed E-state index contributed by atoms with van der Waals surface area (Å²) >= 11 is 16.5. The van der Waals surface area contributed by atoms with Crippen LogP contribution < -0.4 is 9.47 Å². The molecule has 32 nitrogen and oxygen atoms in total. The highest BCUT2D eigenvalue weighted by Gasteiger charge is 2.25. The highest BCUT2D eigenvalue weighted by molar-refractivity contribution is 9.10. The fraction of sp³-hybridized carbons (Fsp3) is 0.0606. The van der Waals surface area contributed by atoms with Crippen molar-refractivity contribution in [2.75, 3.05) is 0 Å². The van der Waals surface area contributed by atoms with Crippen molar-refractivity contribution in [1.82, 2.24) is 88.8 Å². The van der Waals surface area contributed by atoms with E-state index in [1.165, 1.54) is 95.3 Å². The predicted molar refractivity (Wildman–Crippen MR) is 534 cm³/mol. The van der Waals surface area contributed by atoms with Gasteiger partial charge in [-0.3, -0.25) is 63.7 Å². The number of benzene rings is 12. The van der Waals surface area contributed by atoms with Crippen LogP contribution in [0.2, 0.25) is 5.02 Å². The van der Waals surface area contributed by atoms with Crippen LogP contribution >= 0.6 is 86.3 Å². The number of halogens is 2. The number of nitrogens with zero attached hydrogens (tertiary/aromatic N) is 22. The summed E-state index contributed by atoms with van der Waals surface area (Å²) in [4.78, 5) is 55.3. The van der Waals surface area contributed by atoms with Crippen molar-refractivity contribution in [1.29, 1.82) is 0 Å². The molecule has 138 heavy (non-hydrogen) atoms. The van der Waals surface area contributed by atoms with Crippen molar-refractivity contribution in [3.8, 4) is 45.6 Å². The molecule has 0 aliphatic rings. The van der Waals surface area contributed by atoms with Gasteiger partial charge in [0.25, 0.3) is 22.7 Å². The number of hydrogen-bond donors (Lipinski definition) is 0. The summed E-state index contributed by atoms with van der Waals surface area (Å²) in [5, 5.41) is 94.6. The molecular formula is C99H74BrClN22O10S5. The van der Waals surface area contributed by atoms with E-state index >= 15 is 0 Å². The number of para-hydroxylation sites is 5. The van der Waals surface area contributed by atoms with Crippen LogP contribution in [0.5, 0.6) is 11.5 Å². The summed E-state index contributed by atoms with van der Waals surface area (Å²) in [5.74, 6) is 5.97. The molecule has 684 valence electrons. The van der Waals surface area contributed by atoms with Crippen LogP contribution in [-0.4, -0.2) is 108 Å². The van der Waals surface area contributed by atoms with Crippen LogP contribution in [-0.2, 0) is 38.2 Å². The number of pyridine rings is 3. The molecule has 0 amide bonds. The van der Waals surface area contributed by atoms with Crippen LogP contribution in [0.3, 0.4) is 0 Å². The number of aromatic nitrogens is 18. The third kappa shape index (κ3) is 24.8. The van der Waals surface area contributed by atoms with Crippen molar-refractivity contribution in [2.45, 2.75) is 71.9 Å². The van der Waals surface area contributed by atoms with Crippen LogP contribution in [0.4, 0.5) is 22.7 Å². The van der Waals surface area contributed by atoms with Crippen molar-refractivity contribution in [3.05, 3.63) is 455 Å². The first-order chi connectivity index (χ1) is 67.5. The molecule has 0 aliphatic heterocycles. The third-order valence-electron chi connectivity index (χ3n) is 20.1. The van der Waals surface area contributed by atoms with E-state index in [4.69, 9.17) is 21.1 Å². The number of fused-ring (bicyclic) bond motifs is 2. The number of nitro benzene ring substituents is 2. The fourth-order valence-electron chi connectivity index (χ4n) is 13.5. The van der Waals surface area contributed by atoms with E-state index in [2.05, 4.69) is 153 Å². The van der Waals surface area contributed by atoms with Crippen molar-refractivity contribution in [3.63, 3.8) is 0 Å². The smallest absolute Gasteiger partial charge is 0.288 e. The molecule has 39 heteroatoms. The first kappa shape index (κ1) is 95.2. The Bertz CT molecular complexity index is 7530. The van der Waals surface area contributed by atoms with E-state index in [9.17, 15) is 40.5 Å². The number of hydrogen-bond acceptors (Lipinski definition) is 28. The lowest BCUT2D eigenvalue weighted by atomic mass is 10.1. The Balaban J connectivity index is 0.000000126. The molecule has 0 unspecified atom stereocenters. The molecule has 0 bridgehead atoms. The van der Waals surface area contributed by atoms with Gasteiger partial charge in [-0.05, 0) is 189 Å². The van der Waals surface area contributed by atoms with Crippen molar-refractivity contribution in [2.24, 2.45) is 7.05 Å². The molecule has 0 atom stereocenters. The molecule has 0 aliphatic carbocycles. The summed E-state index contributed by atoms with van der Waals surface area (Å²) in [5.41, 5.74) is 8.60. The Kier molecular flexibility index (Phi) is 32.3. The highest BCUT2D eigenvalue weighted by atomic mass is 79.9. The molecule has 8 aromatic heterocycles. The number of ether oxygens (including phenoxy) is 2. The third-order valence-corrected chi connectivity index (χ3v) is 26.2. The van der Waals surface area contributed by atoms with Gasteiger partial charge in [-0.1, -0.05) is 235 Å². The highest BCUT2D eigenvalue weighted by Crippen LogP contribution is 2.40. The zero-order valence-electron chi connectivity index (χ0n) is 72.5. The van der Waals surface area contributed by atoms with E-state index in [0.29, 0.717) is 76.3 Å². The minimum absolute atomic E-state index is 0.0429. The van der Waals surface area contributed by atoms with Gasteiger partial charge >= 0.3 is 0 Å². The molecule has 0 fully saturated rings. The van der Waals surface area contributed by atoms with E-state index < -0.39 is 19.7 Å².